The molecule has 0 amide bonds. The van der Waals surface area contributed by atoms with Crippen LogP contribution in [0, 0.1) is 5.92 Å². The standard InChI is InChI=1S/C10H16N2O2S2/c11-9-1-3-15-10(9)6-12-5-8-2-4-16(13,14)7-8/h1,3,8,12H,2,4-7,11H2. The Balaban J connectivity index is 1.75. The van der Waals surface area contributed by atoms with Crippen LogP contribution in [0.25, 0.3) is 0 Å². The second kappa shape index (κ2) is 4.73. The van der Waals surface area contributed by atoms with E-state index >= 15 is 0 Å². The van der Waals surface area contributed by atoms with Crippen molar-refractivity contribution in [3.8, 4) is 0 Å². The van der Waals surface area contributed by atoms with Gasteiger partial charge in [0.05, 0.1) is 11.5 Å². The molecule has 0 saturated carbocycles. The molecule has 1 fully saturated rings. The van der Waals surface area contributed by atoms with Crippen LogP contribution in [0.1, 0.15) is 11.3 Å². The van der Waals surface area contributed by atoms with Crippen molar-refractivity contribution in [1.82, 2.24) is 5.32 Å². The smallest absolute Gasteiger partial charge is 0.150 e. The van der Waals surface area contributed by atoms with E-state index in [9.17, 15) is 8.42 Å². The third kappa shape index (κ3) is 2.96. The maximum absolute atomic E-state index is 11.2. The van der Waals surface area contributed by atoms with Crippen molar-refractivity contribution >= 4 is 26.9 Å². The molecule has 90 valence electrons. The Morgan fingerprint density at radius 3 is 2.94 bits per heavy atom. The van der Waals surface area contributed by atoms with E-state index in [2.05, 4.69) is 5.32 Å². The van der Waals surface area contributed by atoms with Crippen LogP contribution >= 0.6 is 11.3 Å². The summed E-state index contributed by atoms with van der Waals surface area (Å²) >= 11 is 1.63. The molecule has 6 heteroatoms. The van der Waals surface area contributed by atoms with Gasteiger partial charge in [-0.1, -0.05) is 0 Å². The highest BCUT2D eigenvalue weighted by molar-refractivity contribution is 7.91. The monoisotopic (exact) mass is 260 g/mol. The van der Waals surface area contributed by atoms with E-state index in [1.165, 1.54) is 0 Å². The second-order valence-corrected chi connectivity index (χ2v) is 7.43. The van der Waals surface area contributed by atoms with Crippen molar-refractivity contribution in [1.29, 1.82) is 0 Å². The molecule has 0 spiro atoms. The molecule has 1 atom stereocenters. The minimum absolute atomic E-state index is 0.270. The highest BCUT2D eigenvalue weighted by Gasteiger charge is 2.27. The number of hydrogen-bond donors (Lipinski definition) is 2. The lowest BCUT2D eigenvalue weighted by Gasteiger charge is -2.08. The summed E-state index contributed by atoms with van der Waals surface area (Å²) in [6.07, 6.45) is 0.787. The Kier molecular flexibility index (Phi) is 3.51. The zero-order valence-electron chi connectivity index (χ0n) is 8.98. The zero-order chi connectivity index (χ0) is 11.6. The highest BCUT2D eigenvalue weighted by atomic mass is 32.2. The normalized spacial score (nSPS) is 23.6. The van der Waals surface area contributed by atoms with Crippen LogP contribution in [0.15, 0.2) is 11.4 Å². The van der Waals surface area contributed by atoms with Crippen LogP contribution in [0.2, 0.25) is 0 Å². The summed E-state index contributed by atoms with van der Waals surface area (Å²) in [5, 5.41) is 5.24. The number of hydrogen-bond acceptors (Lipinski definition) is 5. The molecule has 1 aliphatic rings. The van der Waals surface area contributed by atoms with Gasteiger partial charge in [0.15, 0.2) is 9.84 Å². The predicted molar refractivity (Wildman–Crippen MR) is 67.2 cm³/mol. The first-order chi connectivity index (χ1) is 7.57. The van der Waals surface area contributed by atoms with Crippen molar-refractivity contribution in [2.24, 2.45) is 5.92 Å². The third-order valence-corrected chi connectivity index (χ3v) is 5.60. The van der Waals surface area contributed by atoms with Crippen LogP contribution in [0.5, 0.6) is 0 Å². The third-order valence-electron chi connectivity index (χ3n) is 2.83. The number of anilines is 1. The topological polar surface area (TPSA) is 72.2 Å². The summed E-state index contributed by atoms with van der Waals surface area (Å²) in [7, 11) is -2.75. The van der Waals surface area contributed by atoms with Crippen molar-refractivity contribution < 1.29 is 8.42 Å². The Morgan fingerprint density at radius 1 is 1.56 bits per heavy atom. The fourth-order valence-corrected chi connectivity index (χ4v) is 4.55. The van der Waals surface area contributed by atoms with E-state index in [0.717, 1.165) is 30.1 Å². The van der Waals surface area contributed by atoms with Gasteiger partial charge in [-0.3, -0.25) is 0 Å². The first-order valence-electron chi connectivity index (χ1n) is 5.30. The quantitative estimate of drug-likeness (QED) is 0.842. The Hall–Kier alpha value is -0.590. The average Bonchev–Trinajstić information content (AvgIpc) is 2.74. The number of nitrogens with one attached hydrogen (secondary N) is 1. The minimum atomic E-state index is -2.75. The lowest BCUT2D eigenvalue weighted by atomic mass is 10.1. The molecular formula is C10H16N2O2S2. The molecule has 0 aromatic carbocycles. The number of nitrogens with two attached hydrogens (primary N) is 1. The molecule has 1 aliphatic heterocycles. The van der Waals surface area contributed by atoms with Crippen molar-refractivity contribution in [2.45, 2.75) is 13.0 Å². The number of thiophene rings is 1. The van der Waals surface area contributed by atoms with Crippen molar-refractivity contribution in [2.75, 3.05) is 23.8 Å². The SMILES string of the molecule is Nc1ccsc1CNCC1CCS(=O)(=O)C1. The predicted octanol–water partition coefficient (Wildman–Crippen LogP) is 0.855. The van der Waals surface area contributed by atoms with Gasteiger partial charge < -0.3 is 11.1 Å². The summed E-state index contributed by atoms with van der Waals surface area (Å²) in [5.74, 6) is 0.951. The number of nitrogen functional groups attached to an aromatic ring is 1. The van der Waals surface area contributed by atoms with E-state index in [1.54, 1.807) is 11.3 Å². The molecule has 0 radical (unpaired) electrons. The number of rotatable bonds is 4. The molecule has 3 N–H and O–H groups in total. The van der Waals surface area contributed by atoms with Crippen LogP contribution in [0.3, 0.4) is 0 Å². The Labute approximate surface area is 99.8 Å². The highest BCUT2D eigenvalue weighted by Crippen LogP contribution is 2.20. The molecule has 4 nitrogen and oxygen atoms in total. The van der Waals surface area contributed by atoms with E-state index < -0.39 is 9.84 Å². The molecule has 0 aliphatic carbocycles. The first-order valence-corrected chi connectivity index (χ1v) is 8.00. The lowest BCUT2D eigenvalue weighted by Crippen LogP contribution is -2.23. The van der Waals surface area contributed by atoms with Crippen LogP contribution in [-0.4, -0.2) is 26.5 Å². The molecule has 2 heterocycles. The zero-order valence-corrected chi connectivity index (χ0v) is 10.6. The molecule has 1 unspecified atom stereocenters. The van der Waals surface area contributed by atoms with E-state index in [0.29, 0.717) is 11.5 Å². The van der Waals surface area contributed by atoms with Crippen molar-refractivity contribution in [3.05, 3.63) is 16.3 Å². The summed E-state index contributed by atoms with van der Waals surface area (Å²) in [6.45, 7) is 1.50. The minimum Gasteiger partial charge on any atom is -0.398 e. The van der Waals surface area contributed by atoms with E-state index in [4.69, 9.17) is 5.73 Å². The molecule has 2 rings (SSSR count). The fraction of sp³-hybridized carbons (Fsp3) is 0.600. The largest absolute Gasteiger partial charge is 0.398 e. The number of sulfone groups is 1. The maximum atomic E-state index is 11.2. The molecule has 1 saturated heterocycles. The van der Waals surface area contributed by atoms with Gasteiger partial charge in [-0.15, -0.1) is 11.3 Å². The van der Waals surface area contributed by atoms with Gasteiger partial charge in [0.2, 0.25) is 0 Å². The maximum Gasteiger partial charge on any atom is 0.150 e. The summed E-state index contributed by atoms with van der Waals surface area (Å²) in [4.78, 5) is 1.13. The molecule has 0 bridgehead atoms. The van der Waals surface area contributed by atoms with E-state index in [1.807, 2.05) is 11.4 Å². The second-order valence-electron chi connectivity index (χ2n) is 4.20. The van der Waals surface area contributed by atoms with Gasteiger partial charge in [-0.05, 0) is 30.3 Å². The fourth-order valence-electron chi connectivity index (χ4n) is 1.92. The molecule has 16 heavy (non-hydrogen) atoms. The molecule has 1 aromatic rings. The van der Waals surface area contributed by atoms with Gasteiger partial charge >= 0.3 is 0 Å². The average molecular weight is 260 g/mol. The Morgan fingerprint density at radius 2 is 2.38 bits per heavy atom. The van der Waals surface area contributed by atoms with E-state index in [-0.39, 0.29) is 5.92 Å². The van der Waals surface area contributed by atoms with Crippen LogP contribution < -0.4 is 11.1 Å². The van der Waals surface area contributed by atoms with Crippen molar-refractivity contribution in [3.63, 3.8) is 0 Å². The Bertz CT molecular complexity index is 453. The molecular weight excluding hydrogens is 244 g/mol. The molecule has 1 aromatic heterocycles. The van der Waals surface area contributed by atoms with Gasteiger partial charge in [0, 0.05) is 17.1 Å². The van der Waals surface area contributed by atoms with Crippen LogP contribution in [0.4, 0.5) is 5.69 Å². The first kappa shape index (κ1) is 11.9. The van der Waals surface area contributed by atoms with Gasteiger partial charge in [0.1, 0.15) is 0 Å². The summed E-state index contributed by atoms with van der Waals surface area (Å²) in [6, 6.07) is 1.89. The summed E-state index contributed by atoms with van der Waals surface area (Å²) < 4.78 is 22.5. The van der Waals surface area contributed by atoms with Gasteiger partial charge in [0.25, 0.3) is 0 Å². The van der Waals surface area contributed by atoms with Gasteiger partial charge in [-0.25, -0.2) is 8.42 Å². The lowest BCUT2D eigenvalue weighted by molar-refractivity contribution is 0.523. The van der Waals surface area contributed by atoms with Gasteiger partial charge in [-0.2, -0.15) is 0 Å². The summed E-state index contributed by atoms with van der Waals surface area (Å²) in [5.41, 5.74) is 6.57. The van der Waals surface area contributed by atoms with Crippen LogP contribution in [-0.2, 0) is 16.4 Å².